The molecule has 1 aliphatic rings. The number of benzene rings is 1. The lowest BCUT2D eigenvalue weighted by Crippen LogP contribution is -2.45. The van der Waals surface area contributed by atoms with Crippen molar-refractivity contribution in [2.75, 3.05) is 45.7 Å². The molecular weight excluding hydrogens is 388 g/mol. The molecule has 2 N–H and O–H groups in total. The quantitative estimate of drug-likeness (QED) is 0.543. The van der Waals surface area contributed by atoms with Crippen LogP contribution in [0.2, 0.25) is 0 Å². The Morgan fingerprint density at radius 3 is 2.74 bits per heavy atom. The molecule has 0 spiro atoms. The van der Waals surface area contributed by atoms with Gasteiger partial charge in [-0.2, -0.15) is 0 Å². The fourth-order valence-corrected chi connectivity index (χ4v) is 4.74. The minimum Gasteiger partial charge on any atom is -0.494 e. The number of hydrogen-bond donors (Lipinski definition) is 2. The Kier molecular flexibility index (Phi) is 8.38. The molecule has 1 aliphatic heterocycles. The summed E-state index contributed by atoms with van der Waals surface area (Å²) in [4.78, 5) is 7.25. The van der Waals surface area contributed by atoms with Crippen molar-refractivity contribution < 1.29 is 9.47 Å². The Morgan fingerprint density at radius 1 is 1.23 bits per heavy atom. The number of nitrogens with one attached hydrogen (secondary N) is 2. The number of aromatic nitrogens is 1. The molecule has 1 aromatic heterocycles. The van der Waals surface area contributed by atoms with E-state index < -0.39 is 0 Å². The van der Waals surface area contributed by atoms with Gasteiger partial charge in [0.1, 0.15) is 11.3 Å². The van der Waals surface area contributed by atoms with Crippen molar-refractivity contribution in [3.63, 3.8) is 0 Å². The number of methoxy groups -OCH3 is 2. The Bertz CT molecular complexity index is 870. The summed E-state index contributed by atoms with van der Waals surface area (Å²) < 4.78 is 11.5. The third-order valence-corrected chi connectivity index (χ3v) is 6.35. The van der Waals surface area contributed by atoms with Gasteiger partial charge in [0.05, 0.1) is 25.3 Å². The minimum atomic E-state index is 0.329. The number of likely N-dealkylation sites (tertiary alicyclic amines) is 1. The zero-order valence-corrected chi connectivity index (χ0v) is 20.2. The van der Waals surface area contributed by atoms with Crippen molar-refractivity contribution in [1.29, 1.82) is 0 Å². The van der Waals surface area contributed by atoms with Crippen LogP contribution in [-0.2, 0) is 0 Å². The van der Waals surface area contributed by atoms with Gasteiger partial charge in [0.15, 0.2) is 5.75 Å². The highest BCUT2D eigenvalue weighted by Crippen LogP contribution is 2.41. The smallest absolute Gasteiger partial charge is 0.151 e. The van der Waals surface area contributed by atoms with Gasteiger partial charge < -0.3 is 25.0 Å². The number of anilines is 1. The Hall–Kier alpha value is -2.05. The van der Waals surface area contributed by atoms with E-state index in [1.807, 2.05) is 13.0 Å². The van der Waals surface area contributed by atoms with Crippen molar-refractivity contribution in [2.24, 2.45) is 0 Å². The second-order valence-corrected chi connectivity index (χ2v) is 8.84. The van der Waals surface area contributed by atoms with E-state index in [1.165, 1.54) is 25.9 Å². The predicted molar refractivity (Wildman–Crippen MR) is 130 cm³/mol. The second-order valence-electron chi connectivity index (χ2n) is 8.84. The highest BCUT2D eigenvalue weighted by Gasteiger charge is 2.19. The van der Waals surface area contributed by atoms with E-state index in [-0.39, 0.29) is 0 Å². The number of piperidine rings is 1. The number of ether oxygens (including phenoxy) is 2. The van der Waals surface area contributed by atoms with Crippen LogP contribution >= 0.6 is 0 Å². The highest BCUT2D eigenvalue weighted by molar-refractivity contribution is 5.98. The normalized spacial score (nSPS) is 18.2. The predicted octanol–water partition coefficient (Wildman–Crippen LogP) is 4.52. The molecule has 1 saturated heterocycles. The van der Waals surface area contributed by atoms with E-state index >= 15 is 0 Å². The summed E-state index contributed by atoms with van der Waals surface area (Å²) in [6.45, 7) is 13.3. The maximum absolute atomic E-state index is 5.83. The largest absolute Gasteiger partial charge is 0.494 e. The zero-order valence-electron chi connectivity index (χ0n) is 20.2. The molecule has 0 bridgehead atoms. The fraction of sp³-hybridized carbons (Fsp3) is 0.640. The van der Waals surface area contributed by atoms with Crippen LogP contribution in [0.25, 0.3) is 10.9 Å². The molecule has 1 aromatic carbocycles. The van der Waals surface area contributed by atoms with Gasteiger partial charge in [-0.25, -0.2) is 4.98 Å². The van der Waals surface area contributed by atoms with Crippen LogP contribution in [0.3, 0.4) is 0 Å². The molecule has 0 amide bonds. The number of likely N-dealkylation sites (N-methyl/N-ethyl adjacent to an activating group) is 1. The molecular formula is C25H40N4O2. The van der Waals surface area contributed by atoms with Gasteiger partial charge in [-0.15, -0.1) is 0 Å². The molecule has 0 saturated carbocycles. The summed E-state index contributed by atoms with van der Waals surface area (Å²) in [5.74, 6) is 1.62. The molecule has 0 aliphatic carbocycles. The lowest BCUT2D eigenvalue weighted by atomic mass is 10.0. The van der Waals surface area contributed by atoms with Crippen LogP contribution in [0, 0.1) is 13.8 Å². The van der Waals surface area contributed by atoms with Gasteiger partial charge >= 0.3 is 0 Å². The maximum atomic E-state index is 5.83. The van der Waals surface area contributed by atoms with E-state index in [4.69, 9.17) is 14.5 Å². The van der Waals surface area contributed by atoms with Gasteiger partial charge in [0.2, 0.25) is 0 Å². The first-order chi connectivity index (χ1) is 15.0. The highest BCUT2D eigenvalue weighted by atomic mass is 16.5. The molecule has 2 aromatic rings. The van der Waals surface area contributed by atoms with Crippen molar-refractivity contribution >= 4 is 16.6 Å². The minimum absolute atomic E-state index is 0.329. The molecule has 0 radical (unpaired) electrons. The molecule has 2 heterocycles. The van der Waals surface area contributed by atoms with Crippen molar-refractivity contribution in [3.05, 3.63) is 23.4 Å². The summed E-state index contributed by atoms with van der Waals surface area (Å²) in [6.07, 6.45) is 4.83. The molecule has 2 unspecified atom stereocenters. The first kappa shape index (κ1) is 23.6. The Balaban J connectivity index is 1.63. The van der Waals surface area contributed by atoms with Gasteiger partial charge in [-0.1, -0.05) is 6.92 Å². The second kappa shape index (κ2) is 11.0. The van der Waals surface area contributed by atoms with E-state index in [9.17, 15) is 0 Å². The van der Waals surface area contributed by atoms with Crippen molar-refractivity contribution in [3.8, 4) is 11.5 Å². The monoisotopic (exact) mass is 428 g/mol. The van der Waals surface area contributed by atoms with Crippen LogP contribution < -0.4 is 20.1 Å². The molecule has 6 heteroatoms. The fourth-order valence-electron chi connectivity index (χ4n) is 4.74. The number of pyridine rings is 1. The van der Waals surface area contributed by atoms with E-state index in [0.29, 0.717) is 12.1 Å². The van der Waals surface area contributed by atoms with Crippen LogP contribution in [0.5, 0.6) is 11.5 Å². The van der Waals surface area contributed by atoms with E-state index in [1.54, 1.807) is 14.2 Å². The van der Waals surface area contributed by atoms with Gasteiger partial charge in [0, 0.05) is 30.4 Å². The lowest BCUT2D eigenvalue weighted by Gasteiger charge is -2.32. The average molecular weight is 429 g/mol. The third-order valence-electron chi connectivity index (χ3n) is 6.35. The van der Waals surface area contributed by atoms with Crippen LogP contribution in [-0.4, -0.2) is 62.4 Å². The van der Waals surface area contributed by atoms with Crippen molar-refractivity contribution in [1.82, 2.24) is 15.2 Å². The van der Waals surface area contributed by atoms with Gasteiger partial charge in [0.25, 0.3) is 0 Å². The molecule has 172 valence electrons. The number of fused-ring (bicyclic) bond motifs is 1. The maximum Gasteiger partial charge on any atom is 0.151 e. The summed E-state index contributed by atoms with van der Waals surface area (Å²) in [6, 6.07) is 5.08. The first-order valence-corrected chi connectivity index (χ1v) is 11.7. The van der Waals surface area contributed by atoms with E-state index in [2.05, 4.69) is 42.4 Å². The Labute approximate surface area is 187 Å². The number of hydrogen-bond acceptors (Lipinski definition) is 6. The first-order valence-electron chi connectivity index (χ1n) is 11.7. The van der Waals surface area contributed by atoms with Crippen molar-refractivity contribution in [2.45, 2.75) is 65.5 Å². The summed E-state index contributed by atoms with van der Waals surface area (Å²) >= 11 is 0. The number of aryl methyl sites for hydroxylation is 2. The lowest BCUT2D eigenvalue weighted by molar-refractivity contribution is 0.199. The van der Waals surface area contributed by atoms with Gasteiger partial charge in [-0.3, -0.25) is 0 Å². The summed E-state index contributed by atoms with van der Waals surface area (Å²) in [7, 11) is 3.43. The standard InChI is InChI=1S/C25H40N4O2/c1-7-29-13-9-11-20(16-29)26-12-8-10-18(3)27-21-15-22(30-5)24-23(25(21)31-6)17(2)14-19(4)28-24/h14-15,18,20,26-27H,7-13,16H2,1-6H3. The summed E-state index contributed by atoms with van der Waals surface area (Å²) in [5.41, 5.74) is 3.94. The Morgan fingerprint density at radius 2 is 2.03 bits per heavy atom. The average Bonchev–Trinajstić information content (AvgIpc) is 2.76. The van der Waals surface area contributed by atoms with Gasteiger partial charge in [-0.05, 0) is 77.7 Å². The molecule has 1 fully saturated rings. The van der Waals surface area contributed by atoms with Crippen LogP contribution in [0.1, 0.15) is 50.8 Å². The zero-order chi connectivity index (χ0) is 22.4. The molecule has 2 atom stereocenters. The summed E-state index contributed by atoms with van der Waals surface area (Å²) in [5, 5.41) is 8.43. The molecule has 31 heavy (non-hydrogen) atoms. The SMILES string of the molecule is CCN1CCCC(NCCCC(C)Nc2cc(OC)c3nc(C)cc(C)c3c2OC)C1. The third kappa shape index (κ3) is 5.80. The molecule has 6 nitrogen and oxygen atoms in total. The van der Waals surface area contributed by atoms with Crippen LogP contribution in [0.15, 0.2) is 12.1 Å². The molecule has 3 rings (SSSR count). The van der Waals surface area contributed by atoms with E-state index in [0.717, 1.165) is 65.3 Å². The van der Waals surface area contributed by atoms with Crippen LogP contribution in [0.4, 0.5) is 5.69 Å². The number of nitrogens with zero attached hydrogens (tertiary/aromatic N) is 2. The number of rotatable bonds is 10. The topological polar surface area (TPSA) is 58.7 Å².